The molecule has 2 heterocycles. The molecule has 0 aliphatic rings. The van der Waals surface area contributed by atoms with Crippen LogP contribution in [0.1, 0.15) is 5.56 Å². The normalized spacial score (nSPS) is 11.3. The SMILES string of the molecule is [C-]#[N+]c1cc(-c2cc(C#N)cc(-c3cc(-c4ccccc4)c4oc5ccccc5c4c3)c2)cc(-n2c3ccccc3c3ccccc32)c1. The summed E-state index contributed by atoms with van der Waals surface area (Å²) in [4.78, 5) is 3.87. The maximum absolute atomic E-state index is 10.2. The molecule has 0 atom stereocenters. The van der Waals surface area contributed by atoms with Crippen LogP contribution in [0.5, 0.6) is 0 Å². The second-order valence-electron chi connectivity index (χ2n) is 12.0. The lowest BCUT2D eigenvalue weighted by Crippen LogP contribution is -1.95. The van der Waals surface area contributed by atoms with E-state index in [1.54, 1.807) is 0 Å². The monoisotopic (exact) mass is 611 g/mol. The fraction of sp³-hybridized carbons (Fsp3) is 0. The van der Waals surface area contributed by atoms with E-state index in [0.29, 0.717) is 11.3 Å². The summed E-state index contributed by atoms with van der Waals surface area (Å²) in [5.41, 5.74) is 11.5. The second kappa shape index (κ2) is 10.9. The van der Waals surface area contributed by atoms with Gasteiger partial charge in [0.05, 0.1) is 29.2 Å². The number of fused-ring (bicyclic) bond motifs is 6. The van der Waals surface area contributed by atoms with Crippen LogP contribution in [-0.4, -0.2) is 4.57 Å². The molecule has 222 valence electrons. The summed E-state index contributed by atoms with van der Waals surface area (Å²) in [5.74, 6) is 0. The average Bonchev–Trinajstić information content (AvgIpc) is 3.70. The van der Waals surface area contributed by atoms with Crippen molar-refractivity contribution in [3.63, 3.8) is 0 Å². The predicted octanol–water partition coefficient (Wildman–Crippen LogP) is 12.1. The third-order valence-corrected chi connectivity index (χ3v) is 9.16. The minimum absolute atomic E-state index is 0.533. The Balaban J connectivity index is 1.27. The van der Waals surface area contributed by atoms with Gasteiger partial charge in [-0.05, 0) is 94.5 Å². The first kappa shape index (κ1) is 27.4. The van der Waals surface area contributed by atoms with Crippen molar-refractivity contribution in [2.45, 2.75) is 0 Å². The molecule has 0 radical (unpaired) electrons. The van der Waals surface area contributed by atoms with Gasteiger partial charge >= 0.3 is 0 Å². The van der Waals surface area contributed by atoms with Crippen molar-refractivity contribution in [3.05, 3.63) is 169 Å². The van der Waals surface area contributed by atoms with Crippen molar-refractivity contribution in [3.8, 4) is 45.1 Å². The molecular weight excluding hydrogens is 587 g/mol. The number of rotatable bonds is 4. The molecule has 9 aromatic rings. The number of nitriles is 1. The van der Waals surface area contributed by atoms with Gasteiger partial charge in [0.1, 0.15) is 11.2 Å². The van der Waals surface area contributed by atoms with Gasteiger partial charge in [-0.1, -0.05) is 84.9 Å². The van der Waals surface area contributed by atoms with Gasteiger partial charge in [-0.25, -0.2) is 4.85 Å². The smallest absolute Gasteiger partial charge is 0.189 e. The van der Waals surface area contributed by atoms with E-state index >= 15 is 0 Å². The highest BCUT2D eigenvalue weighted by Crippen LogP contribution is 2.41. The number of furan rings is 1. The molecule has 0 unspecified atom stereocenters. The van der Waals surface area contributed by atoms with E-state index in [-0.39, 0.29) is 0 Å². The highest BCUT2D eigenvalue weighted by atomic mass is 16.3. The number of hydrogen-bond donors (Lipinski definition) is 0. The maximum atomic E-state index is 10.2. The summed E-state index contributed by atoms with van der Waals surface area (Å²) < 4.78 is 8.64. The van der Waals surface area contributed by atoms with Gasteiger partial charge < -0.3 is 8.98 Å². The summed E-state index contributed by atoms with van der Waals surface area (Å²) >= 11 is 0. The Morgan fingerprint density at radius 1 is 0.542 bits per heavy atom. The van der Waals surface area contributed by atoms with Crippen LogP contribution in [0.3, 0.4) is 0 Å². The van der Waals surface area contributed by atoms with E-state index < -0.39 is 0 Å². The predicted molar refractivity (Wildman–Crippen MR) is 195 cm³/mol. The van der Waals surface area contributed by atoms with Crippen molar-refractivity contribution in [2.24, 2.45) is 0 Å². The lowest BCUT2D eigenvalue weighted by molar-refractivity contribution is 0.670. The van der Waals surface area contributed by atoms with Crippen LogP contribution in [-0.2, 0) is 0 Å². The van der Waals surface area contributed by atoms with E-state index in [0.717, 1.165) is 82.8 Å². The van der Waals surface area contributed by atoms with Gasteiger partial charge in [0.2, 0.25) is 0 Å². The van der Waals surface area contributed by atoms with Crippen LogP contribution in [0.15, 0.2) is 156 Å². The number of aromatic nitrogens is 1. The highest BCUT2D eigenvalue weighted by molar-refractivity contribution is 6.12. The molecule has 0 saturated heterocycles. The van der Waals surface area contributed by atoms with Crippen molar-refractivity contribution in [1.82, 2.24) is 4.57 Å². The van der Waals surface area contributed by atoms with E-state index in [1.165, 1.54) is 0 Å². The summed E-state index contributed by atoms with van der Waals surface area (Å²) in [6, 6.07) is 53.7. The fourth-order valence-corrected chi connectivity index (χ4v) is 7.01. The first-order valence-electron chi connectivity index (χ1n) is 15.8. The number of nitrogens with zero attached hydrogens (tertiary/aromatic N) is 3. The Bertz CT molecular complexity index is 2750. The lowest BCUT2D eigenvalue weighted by Gasteiger charge is -2.14. The summed E-state index contributed by atoms with van der Waals surface area (Å²) in [6.45, 7) is 7.99. The zero-order valence-electron chi connectivity index (χ0n) is 25.7. The van der Waals surface area contributed by atoms with Crippen molar-refractivity contribution < 1.29 is 4.42 Å². The first-order chi connectivity index (χ1) is 23.7. The summed E-state index contributed by atoms with van der Waals surface area (Å²) in [7, 11) is 0. The van der Waals surface area contributed by atoms with Crippen LogP contribution in [0.4, 0.5) is 5.69 Å². The van der Waals surface area contributed by atoms with Crippen molar-refractivity contribution in [2.75, 3.05) is 0 Å². The van der Waals surface area contributed by atoms with Crippen molar-refractivity contribution in [1.29, 1.82) is 5.26 Å². The number of hydrogen-bond acceptors (Lipinski definition) is 2. The molecule has 0 spiro atoms. The zero-order chi connectivity index (χ0) is 32.2. The quantitative estimate of drug-likeness (QED) is 0.186. The van der Waals surface area contributed by atoms with Crippen LogP contribution in [0.2, 0.25) is 0 Å². The van der Waals surface area contributed by atoms with E-state index in [4.69, 9.17) is 11.0 Å². The van der Waals surface area contributed by atoms with Gasteiger partial charge in [-0.2, -0.15) is 5.26 Å². The topological polar surface area (TPSA) is 46.2 Å². The molecule has 7 aromatic carbocycles. The summed E-state index contributed by atoms with van der Waals surface area (Å²) in [5, 5.41) is 14.6. The standard InChI is InChI=1S/C44H25N3O/c1-46-34-22-32(23-35(26-34)47-41-16-8-5-13-36(41)37-14-6-9-17-42(37)47)30-19-28(27-45)20-31(21-30)33-24-39(29-11-3-2-4-12-29)44-40(25-33)38-15-7-10-18-43(38)48-44/h2-26H. The molecule has 2 aromatic heterocycles. The Morgan fingerprint density at radius 2 is 1.15 bits per heavy atom. The minimum Gasteiger partial charge on any atom is -0.455 e. The minimum atomic E-state index is 0.533. The number of para-hydroxylation sites is 3. The maximum Gasteiger partial charge on any atom is 0.189 e. The van der Waals surface area contributed by atoms with Crippen LogP contribution in [0, 0.1) is 17.9 Å². The molecule has 48 heavy (non-hydrogen) atoms. The molecule has 4 nitrogen and oxygen atoms in total. The van der Waals surface area contributed by atoms with Gasteiger partial charge in [-0.15, -0.1) is 0 Å². The Kier molecular flexibility index (Phi) is 6.22. The van der Waals surface area contributed by atoms with Crippen LogP contribution >= 0.6 is 0 Å². The molecule has 9 rings (SSSR count). The molecule has 0 bridgehead atoms. The number of benzene rings is 7. The van der Waals surface area contributed by atoms with E-state index in [2.05, 4.69) is 94.3 Å². The first-order valence-corrected chi connectivity index (χ1v) is 15.8. The zero-order valence-corrected chi connectivity index (χ0v) is 25.7. The van der Waals surface area contributed by atoms with Gasteiger partial charge in [0.15, 0.2) is 5.69 Å². The van der Waals surface area contributed by atoms with Gasteiger partial charge in [0, 0.05) is 32.8 Å². The molecule has 0 saturated carbocycles. The average molecular weight is 612 g/mol. The molecule has 0 fully saturated rings. The molecular formula is C44H25N3O. The van der Waals surface area contributed by atoms with Gasteiger partial charge in [-0.3, -0.25) is 0 Å². The molecule has 0 aliphatic heterocycles. The molecule has 0 aliphatic carbocycles. The largest absolute Gasteiger partial charge is 0.455 e. The Hall–Kier alpha value is -6.88. The van der Waals surface area contributed by atoms with Crippen LogP contribution < -0.4 is 0 Å². The second-order valence-corrected chi connectivity index (χ2v) is 12.0. The van der Waals surface area contributed by atoms with Crippen molar-refractivity contribution >= 4 is 49.4 Å². The van der Waals surface area contributed by atoms with Crippen LogP contribution in [0.25, 0.3) is 87.7 Å². The molecule has 0 N–H and O–H groups in total. The van der Waals surface area contributed by atoms with E-state index in [1.807, 2.05) is 72.8 Å². The molecule has 0 amide bonds. The summed E-state index contributed by atoms with van der Waals surface area (Å²) in [6.07, 6.45) is 0. The Morgan fingerprint density at radius 3 is 1.83 bits per heavy atom. The lowest BCUT2D eigenvalue weighted by atomic mass is 9.92. The fourth-order valence-electron chi connectivity index (χ4n) is 7.01. The highest BCUT2D eigenvalue weighted by Gasteiger charge is 2.17. The Labute approximate surface area is 276 Å². The molecule has 4 heteroatoms. The third-order valence-electron chi connectivity index (χ3n) is 9.16. The van der Waals surface area contributed by atoms with Gasteiger partial charge in [0.25, 0.3) is 0 Å². The van der Waals surface area contributed by atoms with E-state index in [9.17, 15) is 5.26 Å². The third kappa shape index (κ3) is 4.36.